The van der Waals surface area contributed by atoms with Gasteiger partial charge in [-0.15, -0.1) is 0 Å². The molecule has 1 atom stereocenters. The van der Waals surface area contributed by atoms with Crippen molar-refractivity contribution in [1.82, 2.24) is 15.1 Å². The van der Waals surface area contributed by atoms with E-state index in [0.717, 1.165) is 19.6 Å². The average molecular weight is 227 g/mol. The van der Waals surface area contributed by atoms with Crippen LogP contribution in [0.1, 0.15) is 12.8 Å². The Hall–Kier alpha value is -0.160. The SMILES string of the molecule is CN1CCN(CCNCC(O)C2CC2)CC1. The summed E-state index contributed by atoms with van der Waals surface area (Å²) >= 11 is 0. The van der Waals surface area contributed by atoms with Gasteiger partial charge in [0.05, 0.1) is 6.10 Å². The Balaban J connectivity index is 1.47. The maximum atomic E-state index is 9.68. The van der Waals surface area contributed by atoms with Crippen LogP contribution in [0.5, 0.6) is 0 Å². The zero-order valence-corrected chi connectivity index (χ0v) is 10.4. The first-order valence-corrected chi connectivity index (χ1v) is 6.55. The van der Waals surface area contributed by atoms with Crippen molar-refractivity contribution < 1.29 is 5.11 Å². The van der Waals surface area contributed by atoms with E-state index < -0.39 is 0 Å². The highest BCUT2D eigenvalue weighted by Crippen LogP contribution is 2.32. The number of likely N-dealkylation sites (N-methyl/N-ethyl adjacent to an activating group) is 1. The maximum absolute atomic E-state index is 9.68. The van der Waals surface area contributed by atoms with Crippen LogP contribution in [0, 0.1) is 5.92 Å². The minimum absolute atomic E-state index is 0.104. The van der Waals surface area contributed by atoms with Crippen molar-refractivity contribution in [3.63, 3.8) is 0 Å². The minimum atomic E-state index is -0.104. The van der Waals surface area contributed by atoms with E-state index in [9.17, 15) is 5.11 Å². The van der Waals surface area contributed by atoms with Crippen molar-refractivity contribution in [3.05, 3.63) is 0 Å². The molecule has 0 spiro atoms. The Kier molecular flexibility index (Phi) is 4.58. The van der Waals surface area contributed by atoms with Crippen LogP contribution in [0.2, 0.25) is 0 Å². The summed E-state index contributed by atoms with van der Waals surface area (Å²) in [6.45, 7) is 7.64. The third-order valence-corrected chi connectivity index (χ3v) is 3.72. The molecule has 2 fully saturated rings. The number of rotatable bonds is 6. The monoisotopic (exact) mass is 227 g/mol. The van der Waals surface area contributed by atoms with Gasteiger partial charge in [0, 0.05) is 45.8 Å². The molecule has 16 heavy (non-hydrogen) atoms. The molecule has 4 nitrogen and oxygen atoms in total. The van der Waals surface area contributed by atoms with Crippen LogP contribution in [0.15, 0.2) is 0 Å². The summed E-state index contributed by atoms with van der Waals surface area (Å²) in [6, 6.07) is 0. The highest BCUT2D eigenvalue weighted by molar-refractivity contribution is 4.82. The summed E-state index contributed by atoms with van der Waals surface area (Å²) in [5, 5.41) is 13.0. The fraction of sp³-hybridized carbons (Fsp3) is 1.00. The second-order valence-electron chi connectivity index (χ2n) is 5.25. The Labute approximate surface area is 98.6 Å². The van der Waals surface area contributed by atoms with Gasteiger partial charge in [0.25, 0.3) is 0 Å². The number of nitrogens with one attached hydrogen (secondary N) is 1. The molecule has 0 aromatic rings. The van der Waals surface area contributed by atoms with Crippen LogP contribution >= 0.6 is 0 Å². The lowest BCUT2D eigenvalue weighted by molar-refractivity contribution is 0.137. The van der Waals surface area contributed by atoms with Crippen LogP contribution in [-0.2, 0) is 0 Å². The number of aliphatic hydroxyl groups excluding tert-OH is 1. The van der Waals surface area contributed by atoms with Gasteiger partial charge in [-0.05, 0) is 25.8 Å². The second kappa shape index (κ2) is 5.96. The van der Waals surface area contributed by atoms with Crippen LogP contribution in [0.4, 0.5) is 0 Å². The van der Waals surface area contributed by atoms with E-state index >= 15 is 0 Å². The second-order valence-corrected chi connectivity index (χ2v) is 5.25. The normalized spacial score (nSPS) is 25.9. The van der Waals surface area contributed by atoms with Gasteiger partial charge in [-0.3, -0.25) is 4.90 Å². The Bertz CT molecular complexity index is 200. The molecule has 94 valence electrons. The van der Waals surface area contributed by atoms with E-state index in [1.54, 1.807) is 0 Å². The lowest BCUT2D eigenvalue weighted by Crippen LogP contribution is -2.46. The molecule has 2 aliphatic rings. The van der Waals surface area contributed by atoms with E-state index in [4.69, 9.17) is 0 Å². The van der Waals surface area contributed by atoms with Gasteiger partial charge in [-0.1, -0.05) is 0 Å². The predicted octanol–water partition coefficient (Wildman–Crippen LogP) is -0.406. The molecule has 1 saturated carbocycles. The third kappa shape index (κ3) is 4.01. The van der Waals surface area contributed by atoms with E-state index in [1.165, 1.54) is 39.0 Å². The Morgan fingerprint density at radius 3 is 2.56 bits per heavy atom. The van der Waals surface area contributed by atoms with Crippen molar-refractivity contribution in [2.75, 3.05) is 52.9 Å². The number of piperazine rings is 1. The Morgan fingerprint density at radius 1 is 1.25 bits per heavy atom. The van der Waals surface area contributed by atoms with Gasteiger partial charge in [0.15, 0.2) is 0 Å². The fourth-order valence-electron chi connectivity index (χ4n) is 2.21. The number of nitrogens with zero attached hydrogens (tertiary/aromatic N) is 2. The molecule has 1 unspecified atom stereocenters. The van der Waals surface area contributed by atoms with Crippen LogP contribution in [-0.4, -0.2) is 73.9 Å². The van der Waals surface area contributed by atoms with E-state index in [1.807, 2.05) is 0 Å². The van der Waals surface area contributed by atoms with Crippen LogP contribution in [0.3, 0.4) is 0 Å². The van der Waals surface area contributed by atoms with Gasteiger partial charge in [0.2, 0.25) is 0 Å². The molecule has 4 heteroatoms. The molecule has 2 rings (SSSR count). The topological polar surface area (TPSA) is 38.7 Å². The van der Waals surface area contributed by atoms with E-state index in [2.05, 4.69) is 22.2 Å². The molecule has 1 heterocycles. The first-order valence-electron chi connectivity index (χ1n) is 6.55. The molecule has 1 aliphatic heterocycles. The Morgan fingerprint density at radius 2 is 1.94 bits per heavy atom. The molecule has 0 radical (unpaired) electrons. The summed E-state index contributed by atoms with van der Waals surface area (Å²) < 4.78 is 0. The molecule has 0 aromatic carbocycles. The molecule has 0 amide bonds. The molecule has 0 bridgehead atoms. The number of hydrogen-bond donors (Lipinski definition) is 2. The zero-order valence-electron chi connectivity index (χ0n) is 10.4. The number of hydrogen-bond acceptors (Lipinski definition) is 4. The van der Waals surface area contributed by atoms with Crippen molar-refractivity contribution in [2.24, 2.45) is 5.92 Å². The number of aliphatic hydroxyl groups is 1. The summed E-state index contributed by atoms with van der Waals surface area (Å²) in [6.07, 6.45) is 2.34. The van der Waals surface area contributed by atoms with Crippen molar-refractivity contribution in [1.29, 1.82) is 0 Å². The van der Waals surface area contributed by atoms with Gasteiger partial charge in [0.1, 0.15) is 0 Å². The lowest BCUT2D eigenvalue weighted by Gasteiger charge is -2.32. The summed E-state index contributed by atoms with van der Waals surface area (Å²) in [7, 11) is 2.18. The van der Waals surface area contributed by atoms with E-state index in [0.29, 0.717) is 5.92 Å². The molecular weight excluding hydrogens is 202 g/mol. The van der Waals surface area contributed by atoms with Gasteiger partial charge < -0.3 is 15.3 Å². The smallest absolute Gasteiger partial charge is 0.0692 e. The summed E-state index contributed by atoms with van der Waals surface area (Å²) in [5.74, 6) is 0.594. The van der Waals surface area contributed by atoms with Crippen LogP contribution in [0.25, 0.3) is 0 Å². The lowest BCUT2D eigenvalue weighted by atomic mass is 10.2. The fourth-order valence-corrected chi connectivity index (χ4v) is 2.21. The van der Waals surface area contributed by atoms with Crippen molar-refractivity contribution >= 4 is 0 Å². The summed E-state index contributed by atoms with van der Waals surface area (Å²) in [5.41, 5.74) is 0. The predicted molar refractivity (Wildman–Crippen MR) is 65.5 cm³/mol. The van der Waals surface area contributed by atoms with Crippen molar-refractivity contribution in [3.8, 4) is 0 Å². The standard InChI is InChI=1S/C12H25N3O/c1-14-6-8-15(9-7-14)5-4-13-10-12(16)11-2-3-11/h11-13,16H,2-10H2,1H3. The van der Waals surface area contributed by atoms with Crippen molar-refractivity contribution in [2.45, 2.75) is 18.9 Å². The highest BCUT2D eigenvalue weighted by atomic mass is 16.3. The van der Waals surface area contributed by atoms with E-state index in [-0.39, 0.29) is 6.10 Å². The largest absolute Gasteiger partial charge is 0.392 e. The highest BCUT2D eigenvalue weighted by Gasteiger charge is 2.29. The van der Waals surface area contributed by atoms with Gasteiger partial charge in [-0.2, -0.15) is 0 Å². The quantitative estimate of drug-likeness (QED) is 0.605. The molecule has 1 aliphatic carbocycles. The zero-order chi connectivity index (χ0) is 11.4. The first kappa shape index (κ1) is 12.3. The van der Waals surface area contributed by atoms with Gasteiger partial charge in [-0.25, -0.2) is 0 Å². The molecule has 1 saturated heterocycles. The minimum Gasteiger partial charge on any atom is -0.392 e. The maximum Gasteiger partial charge on any atom is 0.0692 e. The van der Waals surface area contributed by atoms with Gasteiger partial charge >= 0.3 is 0 Å². The molecular formula is C12H25N3O. The third-order valence-electron chi connectivity index (χ3n) is 3.72. The van der Waals surface area contributed by atoms with Crippen LogP contribution < -0.4 is 5.32 Å². The molecule has 2 N–H and O–H groups in total. The summed E-state index contributed by atoms with van der Waals surface area (Å²) in [4.78, 5) is 4.87. The first-order chi connectivity index (χ1) is 7.75. The molecule has 0 aromatic heterocycles. The average Bonchev–Trinajstić information content (AvgIpc) is 3.10.